The Labute approximate surface area is 94.6 Å². The average Bonchev–Trinajstić information content (AvgIpc) is 2.10. The Morgan fingerprint density at radius 3 is 2.20 bits per heavy atom. The van der Waals surface area contributed by atoms with Crippen LogP contribution < -0.4 is 5.32 Å². The molecule has 2 unspecified atom stereocenters. The molecule has 0 aliphatic carbocycles. The van der Waals surface area contributed by atoms with Gasteiger partial charge in [0.15, 0.2) is 0 Å². The Balaban J connectivity index is 4.29. The molecular formula is C11H25NO2S. The highest BCUT2D eigenvalue weighted by Crippen LogP contribution is 2.12. The summed E-state index contributed by atoms with van der Waals surface area (Å²) in [4.78, 5) is 0. The number of hydrogen-bond acceptors (Lipinski definition) is 3. The topological polar surface area (TPSA) is 46.2 Å². The fourth-order valence-corrected chi connectivity index (χ4v) is 2.84. The normalized spacial score (nSPS) is 16.3. The van der Waals surface area contributed by atoms with Crippen molar-refractivity contribution in [1.29, 1.82) is 0 Å². The van der Waals surface area contributed by atoms with E-state index in [0.717, 1.165) is 25.8 Å². The van der Waals surface area contributed by atoms with E-state index in [1.54, 1.807) is 0 Å². The van der Waals surface area contributed by atoms with E-state index in [9.17, 15) is 8.42 Å². The Hall–Kier alpha value is -0.0900. The van der Waals surface area contributed by atoms with Gasteiger partial charge in [0.1, 0.15) is 9.84 Å². The van der Waals surface area contributed by atoms with Crippen LogP contribution in [0.4, 0.5) is 0 Å². The molecule has 0 aromatic heterocycles. The summed E-state index contributed by atoms with van der Waals surface area (Å²) in [5, 5.41) is 3.33. The third-order valence-corrected chi connectivity index (χ3v) is 3.53. The van der Waals surface area contributed by atoms with Gasteiger partial charge in [-0.15, -0.1) is 0 Å². The maximum absolute atomic E-state index is 11.3. The zero-order chi connectivity index (χ0) is 11.9. The molecule has 0 saturated carbocycles. The number of sulfone groups is 1. The molecule has 4 heteroatoms. The van der Waals surface area contributed by atoms with Gasteiger partial charge in [0.25, 0.3) is 0 Å². The van der Waals surface area contributed by atoms with Crippen LogP contribution in [-0.2, 0) is 9.84 Å². The van der Waals surface area contributed by atoms with Gasteiger partial charge in [0.05, 0.1) is 5.75 Å². The lowest BCUT2D eigenvalue weighted by Crippen LogP contribution is -2.40. The van der Waals surface area contributed by atoms with Crippen molar-refractivity contribution < 1.29 is 8.42 Å². The molecule has 0 rings (SSSR count). The first-order chi connectivity index (χ1) is 6.90. The highest BCUT2D eigenvalue weighted by Gasteiger charge is 2.20. The lowest BCUT2D eigenvalue weighted by molar-refractivity contribution is 0.377. The SMILES string of the molecule is CCCNC(CS(C)(=O)=O)C(C)CCC. The maximum atomic E-state index is 11.3. The van der Waals surface area contributed by atoms with Crippen LogP contribution in [0.1, 0.15) is 40.0 Å². The minimum absolute atomic E-state index is 0.111. The van der Waals surface area contributed by atoms with E-state index in [4.69, 9.17) is 0 Å². The number of hydrogen-bond donors (Lipinski definition) is 1. The monoisotopic (exact) mass is 235 g/mol. The lowest BCUT2D eigenvalue weighted by Gasteiger charge is -2.24. The molecule has 92 valence electrons. The highest BCUT2D eigenvalue weighted by atomic mass is 32.2. The Morgan fingerprint density at radius 2 is 1.80 bits per heavy atom. The van der Waals surface area contributed by atoms with Crippen molar-refractivity contribution in [2.24, 2.45) is 5.92 Å². The van der Waals surface area contributed by atoms with Crippen molar-refractivity contribution >= 4 is 9.84 Å². The van der Waals surface area contributed by atoms with Gasteiger partial charge in [-0.3, -0.25) is 0 Å². The second-order valence-corrected chi connectivity index (χ2v) is 6.60. The minimum Gasteiger partial charge on any atom is -0.313 e. The van der Waals surface area contributed by atoms with Crippen LogP contribution in [0.3, 0.4) is 0 Å². The van der Waals surface area contributed by atoms with E-state index >= 15 is 0 Å². The molecule has 0 aliphatic heterocycles. The van der Waals surface area contributed by atoms with Crippen molar-refractivity contribution in [3.8, 4) is 0 Å². The van der Waals surface area contributed by atoms with Crippen LogP contribution in [0.5, 0.6) is 0 Å². The van der Waals surface area contributed by atoms with Crippen LogP contribution in [0.2, 0.25) is 0 Å². The van der Waals surface area contributed by atoms with Gasteiger partial charge < -0.3 is 5.32 Å². The molecule has 0 heterocycles. The summed E-state index contributed by atoms with van der Waals surface area (Å²) >= 11 is 0. The van der Waals surface area contributed by atoms with Gasteiger partial charge in [-0.25, -0.2) is 8.42 Å². The largest absolute Gasteiger partial charge is 0.313 e. The fraction of sp³-hybridized carbons (Fsp3) is 1.00. The van der Waals surface area contributed by atoms with Gasteiger partial charge in [-0.2, -0.15) is 0 Å². The third-order valence-electron chi connectivity index (χ3n) is 2.57. The van der Waals surface area contributed by atoms with Crippen LogP contribution >= 0.6 is 0 Å². The summed E-state index contributed by atoms with van der Waals surface area (Å²) in [5.74, 6) is 0.685. The zero-order valence-corrected chi connectivity index (χ0v) is 11.2. The van der Waals surface area contributed by atoms with Gasteiger partial charge in [0, 0.05) is 12.3 Å². The summed E-state index contributed by atoms with van der Waals surface area (Å²) in [6.45, 7) is 7.25. The first kappa shape index (κ1) is 14.9. The Morgan fingerprint density at radius 1 is 1.20 bits per heavy atom. The van der Waals surface area contributed by atoms with E-state index in [1.165, 1.54) is 6.26 Å². The van der Waals surface area contributed by atoms with Gasteiger partial charge in [-0.1, -0.05) is 27.2 Å². The highest BCUT2D eigenvalue weighted by molar-refractivity contribution is 7.90. The molecule has 0 aromatic carbocycles. The summed E-state index contributed by atoms with van der Waals surface area (Å²) < 4.78 is 22.5. The predicted octanol–water partition coefficient (Wildman–Crippen LogP) is 1.84. The zero-order valence-electron chi connectivity index (χ0n) is 10.4. The average molecular weight is 235 g/mol. The molecule has 0 bridgehead atoms. The summed E-state index contributed by atoms with van der Waals surface area (Å²) in [5.41, 5.74) is 0. The molecule has 15 heavy (non-hydrogen) atoms. The number of rotatable bonds is 8. The lowest BCUT2D eigenvalue weighted by atomic mass is 9.98. The molecular weight excluding hydrogens is 210 g/mol. The summed E-state index contributed by atoms with van der Waals surface area (Å²) in [6, 6.07) is 0.111. The van der Waals surface area contributed by atoms with Gasteiger partial charge >= 0.3 is 0 Å². The van der Waals surface area contributed by atoms with Gasteiger partial charge in [-0.05, 0) is 25.3 Å². The van der Waals surface area contributed by atoms with Crippen LogP contribution in [0, 0.1) is 5.92 Å². The van der Waals surface area contributed by atoms with Crippen molar-refractivity contribution in [2.45, 2.75) is 46.1 Å². The second-order valence-electron chi connectivity index (χ2n) is 4.42. The molecule has 0 saturated heterocycles. The molecule has 0 amide bonds. The van der Waals surface area contributed by atoms with Crippen LogP contribution in [0.15, 0.2) is 0 Å². The first-order valence-corrected chi connectivity index (χ1v) is 7.87. The smallest absolute Gasteiger partial charge is 0.148 e. The van der Waals surface area contributed by atoms with Gasteiger partial charge in [0.2, 0.25) is 0 Å². The number of nitrogens with one attached hydrogen (secondary N) is 1. The van der Waals surface area contributed by atoms with Crippen LogP contribution in [-0.4, -0.2) is 33.0 Å². The molecule has 0 aromatic rings. The van der Waals surface area contributed by atoms with Crippen molar-refractivity contribution in [3.05, 3.63) is 0 Å². The molecule has 0 spiro atoms. The fourth-order valence-electron chi connectivity index (χ4n) is 1.74. The quantitative estimate of drug-likeness (QED) is 0.698. The predicted molar refractivity (Wildman–Crippen MR) is 65.9 cm³/mol. The standard InChI is InChI=1S/C11H25NO2S/c1-5-7-10(3)11(12-8-6-2)9-15(4,13)14/h10-12H,5-9H2,1-4H3. The van der Waals surface area contributed by atoms with Crippen molar-refractivity contribution in [2.75, 3.05) is 18.6 Å². The maximum Gasteiger partial charge on any atom is 0.148 e. The third kappa shape index (κ3) is 7.79. The Kier molecular flexibility index (Phi) is 7.18. The summed E-state index contributed by atoms with van der Waals surface area (Å²) in [6.07, 6.45) is 4.54. The molecule has 1 N–H and O–H groups in total. The van der Waals surface area contributed by atoms with E-state index in [2.05, 4.69) is 26.1 Å². The van der Waals surface area contributed by atoms with E-state index < -0.39 is 9.84 Å². The van der Waals surface area contributed by atoms with Crippen molar-refractivity contribution in [1.82, 2.24) is 5.32 Å². The van der Waals surface area contributed by atoms with Crippen molar-refractivity contribution in [3.63, 3.8) is 0 Å². The molecule has 0 radical (unpaired) electrons. The minimum atomic E-state index is -2.88. The Bertz CT molecular complexity index is 249. The molecule has 2 atom stereocenters. The second kappa shape index (κ2) is 7.23. The van der Waals surface area contributed by atoms with E-state index in [-0.39, 0.29) is 11.8 Å². The molecule has 0 fully saturated rings. The summed E-state index contributed by atoms with van der Waals surface area (Å²) in [7, 11) is -2.88. The van der Waals surface area contributed by atoms with E-state index in [0.29, 0.717) is 5.92 Å². The first-order valence-electron chi connectivity index (χ1n) is 5.81. The molecule has 3 nitrogen and oxygen atoms in total. The molecule has 0 aliphatic rings. The van der Waals surface area contributed by atoms with Crippen LogP contribution in [0.25, 0.3) is 0 Å². The van der Waals surface area contributed by atoms with E-state index in [1.807, 2.05) is 0 Å².